The molecule has 1 rings (SSSR count). The first-order valence-electron chi connectivity index (χ1n) is 4.26. The van der Waals surface area contributed by atoms with E-state index in [4.69, 9.17) is 22.1 Å². The van der Waals surface area contributed by atoms with Crippen molar-refractivity contribution in [2.75, 3.05) is 6.61 Å². The van der Waals surface area contributed by atoms with Crippen molar-refractivity contribution < 1.29 is 14.3 Å². The average Bonchev–Trinajstić information content (AvgIpc) is 2.16. The third-order valence-corrected chi connectivity index (χ3v) is 1.78. The topological polar surface area (TPSA) is 69.4 Å². The van der Waals surface area contributed by atoms with Crippen molar-refractivity contribution >= 4 is 22.8 Å². The molecule has 0 bridgehead atoms. The number of rotatable bonds is 5. The summed E-state index contributed by atoms with van der Waals surface area (Å²) < 4.78 is 5.03. The van der Waals surface area contributed by atoms with E-state index in [-0.39, 0.29) is 13.0 Å². The Hall–Kier alpha value is -1.55. The van der Waals surface area contributed by atoms with E-state index in [0.717, 1.165) is 5.56 Å². The van der Waals surface area contributed by atoms with Gasteiger partial charge >= 0.3 is 0 Å². The van der Waals surface area contributed by atoms with Crippen LogP contribution >= 0.6 is 11.6 Å². The molecule has 0 spiro atoms. The summed E-state index contributed by atoms with van der Waals surface area (Å²) in [7, 11) is 0. The van der Waals surface area contributed by atoms with E-state index in [1.165, 1.54) is 0 Å². The minimum atomic E-state index is -0.532. The van der Waals surface area contributed by atoms with Crippen molar-refractivity contribution in [1.29, 1.82) is 0 Å². The van der Waals surface area contributed by atoms with E-state index in [2.05, 4.69) is 0 Å². The Morgan fingerprint density at radius 3 is 2.33 bits per heavy atom. The van der Waals surface area contributed by atoms with Crippen molar-refractivity contribution in [3.8, 4) is 5.75 Å². The lowest BCUT2D eigenvalue weighted by atomic mass is 10.2. The van der Waals surface area contributed by atoms with Gasteiger partial charge in [-0.05, 0) is 29.3 Å². The number of benzene rings is 1. The molecule has 0 heterocycles. The molecule has 2 N–H and O–H groups in total. The molecule has 1 aromatic carbocycles. The largest absolute Gasteiger partial charge is 0.484 e. The number of primary amides is 1. The molecule has 0 saturated heterocycles. The van der Waals surface area contributed by atoms with Crippen LogP contribution in [0.15, 0.2) is 24.3 Å². The molecule has 0 unspecified atom stereocenters. The van der Waals surface area contributed by atoms with Crippen molar-refractivity contribution in [2.45, 2.75) is 6.42 Å². The smallest absolute Gasteiger partial charge is 0.255 e. The fourth-order valence-corrected chi connectivity index (χ4v) is 1.17. The molecular weight excluding hydrogens is 218 g/mol. The van der Waals surface area contributed by atoms with Crippen LogP contribution in [0.25, 0.3) is 0 Å². The summed E-state index contributed by atoms with van der Waals surface area (Å²) in [6.45, 7) is -0.159. The fourth-order valence-electron chi connectivity index (χ4n) is 1.02. The minimum absolute atomic E-state index is 0.159. The summed E-state index contributed by atoms with van der Waals surface area (Å²) in [5, 5.41) is -0.416. The monoisotopic (exact) mass is 227 g/mol. The van der Waals surface area contributed by atoms with Crippen molar-refractivity contribution in [1.82, 2.24) is 0 Å². The third kappa shape index (κ3) is 4.46. The molecule has 15 heavy (non-hydrogen) atoms. The summed E-state index contributed by atoms with van der Waals surface area (Å²) in [4.78, 5) is 21.0. The minimum Gasteiger partial charge on any atom is -0.484 e. The van der Waals surface area contributed by atoms with Gasteiger partial charge in [0, 0.05) is 6.42 Å². The molecule has 0 fully saturated rings. The lowest BCUT2D eigenvalue weighted by Gasteiger charge is -2.03. The first-order valence-corrected chi connectivity index (χ1v) is 4.64. The van der Waals surface area contributed by atoms with Crippen LogP contribution in [0, 0.1) is 0 Å². The lowest BCUT2D eigenvalue weighted by Crippen LogP contribution is -2.19. The quantitative estimate of drug-likeness (QED) is 0.759. The van der Waals surface area contributed by atoms with Gasteiger partial charge in [0.05, 0.1) is 0 Å². The van der Waals surface area contributed by atoms with Crippen molar-refractivity contribution in [2.24, 2.45) is 5.73 Å². The summed E-state index contributed by atoms with van der Waals surface area (Å²) in [5.74, 6) is -0.00501. The molecule has 5 heteroatoms. The second-order valence-electron chi connectivity index (χ2n) is 2.93. The van der Waals surface area contributed by atoms with Gasteiger partial charge in [0.25, 0.3) is 5.91 Å². The molecule has 0 aliphatic heterocycles. The van der Waals surface area contributed by atoms with Crippen molar-refractivity contribution in [3.63, 3.8) is 0 Å². The Bertz CT molecular complexity index is 361. The van der Waals surface area contributed by atoms with Gasteiger partial charge < -0.3 is 10.5 Å². The van der Waals surface area contributed by atoms with Crippen LogP contribution in [-0.4, -0.2) is 17.8 Å². The zero-order valence-corrected chi connectivity index (χ0v) is 8.66. The van der Waals surface area contributed by atoms with E-state index >= 15 is 0 Å². The van der Waals surface area contributed by atoms with E-state index in [0.29, 0.717) is 5.75 Å². The van der Waals surface area contributed by atoms with Crippen LogP contribution in [0.1, 0.15) is 5.56 Å². The molecule has 0 radical (unpaired) electrons. The number of ether oxygens (including phenoxy) is 1. The lowest BCUT2D eigenvalue weighted by molar-refractivity contribution is -0.120. The van der Waals surface area contributed by atoms with Crippen LogP contribution in [0.3, 0.4) is 0 Å². The van der Waals surface area contributed by atoms with Crippen LogP contribution < -0.4 is 10.5 Å². The fraction of sp³-hybridized carbons (Fsp3) is 0.200. The molecule has 4 nitrogen and oxygen atoms in total. The van der Waals surface area contributed by atoms with E-state index < -0.39 is 11.1 Å². The zero-order valence-electron chi connectivity index (χ0n) is 7.90. The van der Waals surface area contributed by atoms with Gasteiger partial charge in [-0.15, -0.1) is 0 Å². The Morgan fingerprint density at radius 2 is 1.87 bits per heavy atom. The Labute approximate surface area is 92.0 Å². The second-order valence-corrected chi connectivity index (χ2v) is 3.35. The van der Waals surface area contributed by atoms with Gasteiger partial charge in [-0.1, -0.05) is 12.1 Å². The predicted octanol–water partition coefficient (Wildman–Crippen LogP) is 0.859. The molecule has 0 aliphatic carbocycles. The van der Waals surface area contributed by atoms with Crippen LogP contribution in [-0.2, 0) is 16.0 Å². The molecule has 1 amide bonds. The third-order valence-electron chi connectivity index (χ3n) is 1.65. The summed E-state index contributed by atoms with van der Waals surface area (Å²) >= 11 is 5.22. The summed E-state index contributed by atoms with van der Waals surface area (Å²) in [5.41, 5.74) is 5.70. The SMILES string of the molecule is NC(=O)COc1ccc(CC(=O)Cl)cc1. The van der Waals surface area contributed by atoms with E-state index in [9.17, 15) is 9.59 Å². The number of halogens is 1. The normalized spacial score (nSPS) is 9.67. The van der Waals surface area contributed by atoms with E-state index in [1.54, 1.807) is 24.3 Å². The van der Waals surface area contributed by atoms with Gasteiger partial charge in [-0.25, -0.2) is 0 Å². The Morgan fingerprint density at radius 1 is 1.27 bits per heavy atom. The van der Waals surface area contributed by atoms with Crippen LogP contribution in [0.5, 0.6) is 5.75 Å². The number of hydrogen-bond donors (Lipinski definition) is 1. The first kappa shape index (κ1) is 11.5. The predicted molar refractivity (Wildman–Crippen MR) is 55.7 cm³/mol. The highest BCUT2D eigenvalue weighted by atomic mass is 35.5. The molecule has 0 atom stereocenters. The maximum atomic E-state index is 10.6. The van der Waals surface area contributed by atoms with Gasteiger partial charge in [0.15, 0.2) is 6.61 Å². The molecule has 0 saturated carbocycles. The zero-order chi connectivity index (χ0) is 11.3. The highest BCUT2D eigenvalue weighted by Crippen LogP contribution is 2.12. The molecule has 0 aliphatic rings. The standard InChI is InChI=1S/C10H10ClNO3/c11-9(13)5-7-1-3-8(4-2-7)15-6-10(12)14/h1-4H,5-6H2,(H2,12,14). The highest BCUT2D eigenvalue weighted by molar-refractivity contribution is 6.63. The Kier molecular flexibility index (Phi) is 4.12. The molecule has 80 valence electrons. The maximum Gasteiger partial charge on any atom is 0.255 e. The molecule has 0 aromatic heterocycles. The van der Waals surface area contributed by atoms with Crippen molar-refractivity contribution in [3.05, 3.63) is 29.8 Å². The van der Waals surface area contributed by atoms with Gasteiger partial charge in [0.1, 0.15) is 5.75 Å². The Balaban J connectivity index is 2.56. The molecule has 1 aromatic rings. The number of amides is 1. The number of carbonyl (C=O) groups is 2. The highest BCUT2D eigenvalue weighted by Gasteiger charge is 2.01. The first-order chi connectivity index (χ1) is 7.08. The van der Waals surface area contributed by atoms with E-state index in [1.807, 2.05) is 0 Å². The average molecular weight is 228 g/mol. The number of carbonyl (C=O) groups excluding carboxylic acids is 2. The second kappa shape index (κ2) is 5.36. The van der Waals surface area contributed by atoms with Crippen LogP contribution in [0.4, 0.5) is 0 Å². The number of nitrogens with two attached hydrogens (primary N) is 1. The summed E-state index contributed by atoms with van der Waals surface area (Å²) in [6.07, 6.45) is 0.178. The van der Waals surface area contributed by atoms with Gasteiger partial charge in [0.2, 0.25) is 5.24 Å². The van der Waals surface area contributed by atoms with Crippen LogP contribution in [0.2, 0.25) is 0 Å². The number of hydrogen-bond acceptors (Lipinski definition) is 3. The summed E-state index contributed by atoms with van der Waals surface area (Å²) in [6, 6.07) is 6.71. The van der Waals surface area contributed by atoms with Gasteiger partial charge in [-0.2, -0.15) is 0 Å². The molecular formula is C10H10ClNO3. The maximum absolute atomic E-state index is 10.6. The van der Waals surface area contributed by atoms with Gasteiger partial charge in [-0.3, -0.25) is 9.59 Å².